The van der Waals surface area contributed by atoms with E-state index >= 15 is 0 Å². The first-order valence-electron chi connectivity index (χ1n) is 5.93. The highest BCUT2D eigenvalue weighted by molar-refractivity contribution is 6.31. The summed E-state index contributed by atoms with van der Waals surface area (Å²) in [4.78, 5) is 2.15. The number of benzene rings is 1. The van der Waals surface area contributed by atoms with Gasteiger partial charge < -0.3 is 15.1 Å². The molecule has 0 radical (unpaired) electrons. The third-order valence-corrected chi connectivity index (χ3v) is 3.09. The Balaban J connectivity index is 2.86. The Labute approximate surface area is 108 Å². The van der Waals surface area contributed by atoms with E-state index in [4.69, 9.17) is 16.7 Å². The third kappa shape index (κ3) is 3.87. The van der Waals surface area contributed by atoms with Gasteiger partial charge in [0.1, 0.15) is 0 Å². The lowest BCUT2D eigenvalue weighted by molar-refractivity contribution is 0.199. The van der Waals surface area contributed by atoms with E-state index in [2.05, 4.69) is 11.8 Å². The van der Waals surface area contributed by atoms with Crippen LogP contribution in [0.1, 0.15) is 31.9 Å². The van der Waals surface area contributed by atoms with Gasteiger partial charge in [0.2, 0.25) is 0 Å². The topological polar surface area (TPSA) is 43.7 Å². The van der Waals surface area contributed by atoms with E-state index in [0.717, 1.165) is 30.8 Å². The van der Waals surface area contributed by atoms with Crippen molar-refractivity contribution in [2.75, 3.05) is 24.6 Å². The molecule has 2 N–H and O–H groups in total. The molecule has 0 bridgehead atoms. The van der Waals surface area contributed by atoms with E-state index in [9.17, 15) is 5.11 Å². The van der Waals surface area contributed by atoms with Gasteiger partial charge in [-0.2, -0.15) is 0 Å². The lowest BCUT2D eigenvalue weighted by atomic mass is 10.1. The first-order valence-corrected chi connectivity index (χ1v) is 6.31. The molecule has 1 aromatic carbocycles. The van der Waals surface area contributed by atoms with Crippen LogP contribution in [-0.4, -0.2) is 29.9 Å². The molecule has 96 valence electrons. The van der Waals surface area contributed by atoms with Gasteiger partial charge >= 0.3 is 0 Å². The number of rotatable bonds is 6. The monoisotopic (exact) mass is 257 g/mol. The maximum atomic E-state index is 9.50. The Kier molecular flexibility index (Phi) is 5.75. The van der Waals surface area contributed by atoms with Crippen molar-refractivity contribution in [2.24, 2.45) is 0 Å². The zero-order chi connectivity index (χ0) is 12.8. The predicted octanol–water partition coefficient (Wildman–Crippen LogP) is 2.60. The van der Waals surface area contributed by atoms with E-state index in [1.807, 2.05) is 18.2 Å². The smallest absolute Gasteiger partial charge is 0.0776 e. The highest BCUT2D eigenvalue weighted by atomic mass is 35.5. The molecule has 0 saturated carbocycles. The van der Waals surface area contributed by atoms with Crippen LogP contribution in [0.3, 0.4) is 0 Å². The van der Waals surface area contributed by atoms with Crippen LogP contribution in [0.2, 0.25) is 5.02 Å². The zero-order valence-electron chi connectivity index (χ0n) is 10.4. The number of hydrogen-bond acceptors (Lipinski definition) is 3. The average molecular weight is 258 g/mol. The van der Waals surface area contributed by atoms with Gasteiger partial charge in [0.05, 0.1) is 6.10 Å². The van der Waals surface area contributed by atoms with Crippen LogP contribution in [0.15, 0.2) is 18.2 Å². The maximum absolute atomic E-state index is 9.50. The summed E-state index contributed by atoms with van der Waals surface area (Å²) in [5.74, 6) is 0. The molecule has 0 aliphatic heterocycles. The number of aliphatic hydroxyl groups excluding tert-OH is 2. The summed E-state index contributed by atoms with van der Waals surface area (Å²) in [7, 11) is 0. The Morgan fingerprint density at radius 2 is 2.12 bits per heavy atom. The molecule has 0 aliphatic carbocycles. The molecule has 0 fully saturated rings. The van der Waals surface area contributed by atoms with Crippen molar-refractivity contribution in [3.8, 4) is 0 Å². The second-order valence-electron chi connectivity index (χ2n) is 4.04. The van der Waals surface area contributed by atoms with Crippen LogP contribution in [-0.2, 0) is 0 Å². The van der Waals surface area contributed by atoms with Crippen LogP contribution in [0.25, 0.3) is 0 Å². The zero-order valence-corrected chi connectivity index (χ0v) is 11.1. The lowest BCUT2D eigenvalue weighted by Gasteiger charge is -2.23. The van der Waals surface area contributed by atoms with Crippen molar-refractivity contribution < 1.29 is 10.2 Å². The van der Waals surface area contributed by atoms with Crippen molar-refractivity contribution >= 4 is 17.3 Å². The number of nitrogens with zero attached hydrogens (tertiary/aromatic N) is 1. The fraction of sp³-hybridized carbons (Fsp3) is 0.538. The van der Waals surface area contributed by atoms with Gasteiger partial charge in [-0.25, -0.2) is 0 Å². The lowest BCUT2D eigenvalue weighted by Crippen LogP contribution is -2.24. The Hall–Kier alpha value is -0.770. The van der Waals surface area contributed by atoms with E-state index in [1.165, 1.54) is 0 Å². The fourth-order valence-electron chi connectivity index (χ4n) is 1.78. The molecule has 17 heavy (non-hydrogen) atoms. The standard InChI is InChI=1S/C13H20ClNO2/c1-3-15(7-4-8-16)11-5-6-12(10(2)17)13(14)9-11/h5-6,9-10,16-17H,3-4,7-8H2,1-2H3. The summed E-state index contributed by atoms with van der Waals surface area (Å²) in [6, 6.07) is 5.67. The van der Waals surface area contributed by atoms with Gasteiger partial charge in [-0.3, -0.25) is 0 Å². The van der Waals surface area contributed by atoms with Gasteiger partial charge in [0.15, 0.2) is 0 Å². The summed E-state index contributed by atoms with van der Waals surface area (Å²) in [6.45, 7) is 5.62. The molecule has 1 rings (SSSR count). The van der Waals surface area contributed by atoms with Crippen molar-refractivity contribution in [3.63, 3.8) is 0 Å². The van der Waals surface area contributed by atoms with Crippen LogP contribution < -0.4 is 4.90 Å². The number of halogens is 1. The number of anilines is 1. The van der Waals surface area contributed by atoms with Crippen molar-refractivity contribution in [1.82, 2.24) is 0 Å². The van der Waals surface area contributed by atoms with Gasteiger partial charge in [-0.15, -0.1) is 0 Å². The maximum Gasteiger partial charge on any atom is 0.0776 e. The average Bonchev–Trinajstić information content (AvgIpc) is 2.29. The predicted molar refractivity (Wildman–Crippen MR) is 71.7 cm³/mol. The Morgan fingerprint density at radius 1 is 1.41 bits per heavy atom. The molecule has 0 spiro atoms. The van der Waals surface area contributed by atoms with Crippen LogP contribution in [0.5, 0.6) is 0 Å². The summed E-state index contributed by atoms with van der Waals surface area (Å²) in [5, 5.41) is 18.9. The van der Waals surface area contributed by atoms with Gasteiger partial charge in [0.25, 0.3) is 0 Å². The molecule has 1 aromatic rings. The van der Waals surface area contributed by atoms with Crippen molar-refractivity contribution in [2.45, 2.75) is 26.4 Å². The van der Waals surface area contributed by atoms with E-state index in [0.29, 0.717) is 5.02 Å². The van der Waals surface area contributed by atoms with E-state index in [-0.39, 0.29) is 6.61 Å². The molecule has 0 aromatic heterocycles. The normalized spacial score (nSPS) is 12.5. The summed E-state index contributed by atoms with van der Waals surface area (Å²) >= 11 is 6.12. The largest absolute Gasteiger partial charge is 0.396 e. The quantitative estimate of drug-likeness (QED) is 0.823. The Morgan fingerprint density at radius 3 is 2.59 bits per heavy atom. The summed E-state index contributed by atoms with van der Waals surface area (Å²) in [5.41, 5.74) is 1.77. The molecule has 0 aliphatic rings. The summed E-state index contributed by atoms with van der Waals surface area (Å²) in [6.07, 6.45) is 0.188. The molecule has 4 heteroatoms. The van der Waals surface area contributed by atoms with Gasteiger partial charge in [0, 0.05) is 30.4 Å². The van der Waals surface area contributed by atoms with Crippen molar-refractivity contribution in [3.05, 3.63) is 28.8 Å². The first-order chi connectivity index (χ1) is 8.10. The fourth-order valence-corrected chi connectivity index (χ4v) is 2.12. The first kappa shape index (κ1) is 14.3. The minimum absolute atomic E-state index is 0.190. The highest BCUT2D eigenvalue weighted by Crippen LogP contribution is 2.27. The summed E-state index contributed by atoms with van der Waals surface area (Å²) < 4.78 is 0. The molecule has 0 amide bonds. The minimum atomic E-state index is -0.552. The van der Waals surface area contributed by atoms with E-state index in [1.54, 1.807) is 6.92 Å². The van der Waals surface area contributed by atoms with E-state index < -0.39 is 6.10 Å². The minimum Gasteiger partial charge on any atom is -0.396 e. The van der Waals surface area contributed by atoms with Crippen LogP contribution in [0, 0.1) is 0 Å². The molecule has 3 nitrogen and oxygen atoms in total. The van der Waals surface area contributed by atoms with Crippen molar-refractivity contribution in [1.29, 1.82) is 0 Å². The second-order valence-corrected chi connectivity index (χ2v) is 4.45. The molecule has 0 saturated heterocycles. The molecule has 1 unspecified atom stereocenters. The molecular formula is C13H20ClNO2. The third-order valence-electron chi connectivity index (χ3n) is 2.77. The molecule has 1 atom stereocenters. The van der Waals surface area contributed by atoms with Gasteiger partial charge in [-0.1, -0.05) is 17.7 Å². The number of hydrogen-bond donors (Lipinski definition) is 2. The van der Waals surface area contributed by atoms with Crippen LogP contribution in [0.4, 0.5) is 5.69 Å². The Bertz CT molecular complexity index is 355. The second kappa shape index (κ2) is 6.84. The molecule has 0 heterocycles. The SMILES string of the molecule is CCN(CCCO)c1ccc(C(C)O)c(Cl)c1. The molecular weight excluding hydrogens is 238 g/mol. The highest BCUT2D eigenvalue weighted by Gasteiger charge is 2.10. The number of aliphatic hydroxyl groups is 2. The van der Waals surface area contributed by atoms with Gasteiger partial charge in [-0.05, 0) is 38.0 Å². The van der Waals surface area contributed by atoms with Crippen LogP contribution >= 0.6 is 11.6 Å².